The third-order valence-electron chi connectivity index (χ3n) is 8.44. The van der Waals surface area contributed by atoms with Crippen LogP contribution in [0.5, 0.6) is 0 Å². The number of aryl methyl sites for hydroxylation is 4. The van der Waals surface area contributed by atoms with Crippen LogP contribution in [0, 0.1) is 0 Å². The highest BCUT2D eigenvalue weighted by molar-refractivity contribution is 5.70. The van der Waals surface area contributed by atoms with Gasteiger partial charge >= 0.3 is 0 Å². The summed E-state index contributed by atoms with van der Waals surface area (Å²) in [7, 11) is 0. The highest BCUT2D eigenvalue weighted by atomic mass is 14.4. The zero-order valence-corrected chi connectivity index (χ0v) is 20.6. The molecule has 0 heteroatoms. The van der Waals surface area contributed by atoms with Gasteiger partial charge in [-0.25, -0.2) is 0 Å². The van der Waals surface area contributed by atoms with E-state index in [1.807, 2.05) is 6.08 Å². The molecule has 35 heavy (non-hydrogen) atoms. The maximum absolute atomic E-state index is 4.53. The largest absolute Gasteiger partial charge is 0.0988 e. The molecule has 2 aliphatic carbocycles. The van der Waals surface area contributed by atoms with Crippen molar-refractivity contribution in [2.75, 3.05) is 0 Å². The minimum Gasteiger partial charge on any atom is -0.0988 e. The average molecular weight is 453 g/mol. The van der Waals surface area contributed by atoms with Gasteiger partial charge in [-0.15, -0.1) is 0 Å². The molecule has 0 unspecified atom stereocenters. The van der Waals surface area contributed by atoms with Crippen molar-refractivity contribution in [3.63, 3.8) is 0 Å². The Balaban J connectivity index is 1.47. The summed E-state index contributed by atoms with van der Waals surface area (Å²) in [5.74, 6) is 0. The Hall–Kier alpha value is -3.64. The Morgan fingerprint density at radius 1 is 0.657 bits per heavy atom. The maximum atomic E-state index is 4.53. The monoisotopic (exact) mass is 452 g/mol. The molecule has 0 amide bonds. The summed E-state index contributed by atoms with van der Waals surface area (Å²) in [6.45, 7) is 10.9. The second-order valence-corrected chi connectivity index (χ2v) is 10.1. The fourth-order valence-electron chi connectivity index (χ4n) is 6.02. The van der Waals surface area contributed by atoms with Crippen molar-refractivity contribution < 1.29 is 0 Å². The zero-order valence-electron chi connectivity index (χ0n) is 20.6. The molecule has 0 bridgehead atoms. The molecule has 0 aliphatic heterocycles. The highest BCUT2D eigenvalue weighted by Crippen LogP contribution is 2.44. The van der Waals surface area contributed by atoms with E-state index in [2.05, 4.69) is 105 Å². The van der Waals surface area contributed by atoms with E-state index in [-0.39, 0.29) is 5.41 Å². The third-order valence-corrected chi connectivity index (χ3v) is 8.44. The Morgan fingerprint density at radius 2 is 1.11 bits per heavy atom. The lowest BCUT2D eigenvalue weighted by molar-refractivity contribution is 0.595. The quantitative estimate of drug-likeness (QED) is 0.246. The van der Waals surface area contributed by atoms with Crippen LogP contribution < -0.4 is 0 Å². The third kappa shape index (κ3) is 3.51. The molecule has 172 valence electrons. The Kier molecular flexibility index (Phi) is 5.33. The minimum absolute atomic E-state index is 0.326. The first-order chi connectivity index (χ1) is 17.1. The molecule has 2 aliphatic rings. The van der Waals surface area contributed by atoms with Crippen LogP contribution >= 0.6 is 0 Å². The van der Waals surface area contributed by atoms with E-state index in [1.165, 1.54) is 81.3 Å². The molecule has 0 radical (unpaired) electrons. The summed E-state index contributed by atoms with van der Waals surface area (Å²) in [6.07, 6.45) is 7.69. The molecule has 4 aromatic rings. The second kappa shape index (κ2) is 8.54. The molecule has 0 spiro atoms. The minimum atomic E-state index is -0.326. The lowest BCUT2D eigenvalue weighted by Crippen LogP contribution is -2.28. The number of rotatable bonds is 7. The average Bonchev–Trinajstić information content (AvgIpc) is 2.86. The molecule has 6 rings (SSSR count). The van der Waals surface area contributed by atoms with Crippen molar-refractivity contribution in [3.05, 3.63) is 143 Å². The van der Waals surface area contributed by atoms with Crippen LogP contribution in [0.1, 0.15) is 46.7 Å². The van der Waals surface area contributed by atoms with Crippen molar-refractivity contribution >= 4 is 0 Å². The van der Waals surface area contributed by atoms with Crippen molar-refractivity contribution in [2.45, 2.75) is 44.4 Å². The van der Waals surface area contributed by atoms with E-state index < -0.39 is 0 Å². The maximum Gasteiger partial charge on any atom is 0.0443 e. The summed E-state index contributed by atoms with van der Waals surface area (Å²) < 4.78 is 0. The van der Waals surface area contributed by atoms with Gasteiger partial charge in [-0.1, -0.05) is 99.0 Å². The Bertz CT molecular complexity index is 1370. The van der Waals surface area contributed by atoms with Gasteiger partial charge in [0.2, 0.25) is 0 Å². The molecule has 0 heterocycles. The van der Waals surface area contributed by atoms with Crippen LogP contribution in [0.4, 0.5) is 0 Å². The summed E-state index contributed by atoms with van der Waals surface area (Å²) in [4.78, 5) is 0. The lowest BCUT2D eigenvalue weighted by Gasteiger charge is -2.36. The van der Waals surface area contributed by atoms with Crippen molar-refractivity contribution in [1.82, 2.24) is 0 Å². The van der Waals surface area contributed by atoms with E-state index in [0.717, 1.165) is 12.0 Å². The van der Waals surface area contributed by atoms with Crippen LogP contribution in [-0.2, 0) is 31.1 Å². The van der Waals surface area contributed by atoms with Gasteiger partial charge in [0.05, 0.1) is 0 Å². The predicted octanol–water partition coefficient (Wildman–Crippen LogP) is 8.66. The molecular weight excluding hydrogens is 420 g/mol. The van der Waals surface area contributed by atoms with Gasteiger partial charge < -0.3 is 0 Å². The topological polar surface area (TPSA) is 0 Å². The zero-order chi connectivity index (χ0) is 24.0. The van der Waals surface area contributed by atoms with E-state index in [9.17, 15) is 0 Å². The number of hydrogen-bond acceptors (Lipinski definition) is 0. The van der Waals surface area contributed by atoms with Crippen LogP contribution in [0.25, 0.3) is 22.3 Å². The molecule has 0 saturated heterocycles. The molecule has 4 aromatic carbocycles. The standard InChI is InChI=1S/C35H32/c1-4-24(3)35(5-2,33-10-6-8-27(22-33)31-18-14-25-12-16-29(25)20-31)34-11-7-9-28(23-34)32-19-15-26-13-17-30(26)21-32/h4,6-11,14-15,18-23H,1,3,5,12-13,16-17H2,2H3. The van der Waals surface area contributed by atoms with Gasteiger partial charge in [-0.3, -0.25) is 0 Å². The van der Waals surface area contributed by atoms with Crippen LogP contribution in [0.3, 0.4) is 0 Å². The molecular formula is C35H32. The van der Waals surface area contributed by atoms with Crippen LogP contribution in [0.2, 0.25) is 0 Å². The number of fused-ring (bicyclic) bond motifs is 2. The van der Waals surface area contributed by atoms with Gasteiger partial charge in [0, 0.05) is 5.41 Å². The van der Waals surface area contributed by atoms with Crippen LogP contribution in [0.15, 0.2) is 110 Å². The summed E-state index contributed by atoms with van der Waals surface area (Å²) >= 11 is 0. The number of allylic oxidation sites excluding steroid dienone is 2. The molecule has 0 saturated carbocycles. The molecule has 0 atom stereocenters. The van der Waals surface area contributed by atoms with Gasteiger partial charge in [-0.2, -0.15) is 0 Å². The van der Waals surface area contributed by atoms with E-state index >= 15 is 0 Å². The first-order valence-corrected chi connectivity index (χ1v) is 12.9. The molecule has 0 N–H and O–H groups in total. The van der Waals surface area contributed by atoms with Crippen LogP contribution in [-0.4, -0.2) is 0 Å². The molecule has 0 fully saturated rings. The van der Waals surface area contributed by atoms with Crippen molar-refractivity contribution in [1.29, 1.82) is 0 Å². The highest BCUT2D eigenvalue weighted by Gasteiger charge is 2.35. The normalized spacial score (nSPS) is 13.7. The van der Waals surface area contributed by atoms with Gasteiger partial charge in [-0.05, 0) is 105 Å². The SMILES string of the molecule is C=CC(=C)C(CC)(c1cccc(-c2ccc3c(c2)CC3)c1)c1cccc(-c2ccc3c(c2)CC3)c1. The van der Waals surface area contributed by atoms with Crippen molar-refractivity contribution in [3.8, 4) is 22.3 Å². The summed E-state index contributed by atoms with van der Waals surface area (Å²) in [5, 5.41) is 0. The first-order valence-electron chi connectivity index (χ1n) is 12.9. The summed E-state index contributed by atoms with van der Waals surface area (Å²) in [5.41, 5.74) is 14.4. The molecule has 0 nitrogen and oxygen atoms in total. The van der Waals surface area contributed by atoms with Crippen molar-refractivity contribution in [2.24, 2.45) is 0 Å². The van der Waals surface area contributed by atoms with Gasteiger partial charge in [0.25, 0.3) is 0 Å². The lowest BCUT2D eigenvalue weighted by atomic mass is 9.67. The molecule has 0 aromatic heterocycles. The van der Waals surface area contributed by atoms with Gasteiger partial charge in [0.15, 0.2) is 0 Å². The van der Waals surface area contributed by atoms with E-state index in [4.69, 9.17) is 0 Å². The fraction of sp³-hybridized carbons (Fsp3) is 0.200. The van der Waals surface area contributed by atoms with E-state index in [1.54, 1.807) is 0 Å². The fourth-order valence-corrected chi connectivity index (χ4v) is 6.02. The Labute approximate surface area is 209 Å². The predicted molar refractivity (Wildman–Crippen MR) is 149 cm³/mol. The first kappa shape index (κ1) is 21.9. The second-order valence-electron chi connectivity index (χ2n) is 10.1. The van der Waals surface area contributed by atoms with E-state index in [0.29, 0.717) is 0 Å². The number of hydrogen-bond donors (Lipinski definition) is 0. The van der Waals surface area contributed by atoms with Gasteiger partial charge in [0.1, 0.15) is 0 Å². The summed E-state index contributed by atoms with van der Waals surface area (Å²) in [6, 6.07) is 32.0. The smallest absolute Gasteiger partial charge is 0.0443 e. The Morgan fingerprint density at radius 3 is 1.49 bits per heavy atom. The number of benzene rings is 4.